The summed E-state index contributed by atoms with van der Waals surface area (Å²) in [5, 5.41) is 11.3. The van der Waals surface area contributed by atoms with Crippen molar-refractivity contribution in [3.63, 3.8) is 0 Å². The van der Waals surface area contributed by atoms with Gasteiger partial charge in [0, 0.05) is 7.05 Å². The maximum absolute atomic E-state index is 11.1. The predicted octanol–water partition coefficient (Wildman–Crippen LogP) is 0.960. The Bertz CT molecular complexity index is 379. The van der Waals surface area contributed by atoms with Gasteiger partial charge in [-0.3, -0.25) is 4.79 Å². The summed E-state index contributed by atoms with van der Waals surface area (Å²) in [6, 6.07) is 8.04. The van der Waals surface area contributed by atoms with Crippen LogP contribution in [0.25, 0.3) is 0 Å². The first-order valence-corrected chi connectivity index (χ1v) is 3.50. The molecule has 0 aliphatic rings. The lowest BCUT2D eigenvalue weighted by molar-refractivity contribution is 1.49. The second kappa shape index (κ2) is 3.54. The highest BCUT2D eigenvalue weighted by molar-refractivity contribution is 5.44. The molecule has 1 rings (SSSR count). The zero-order valence-corrected chi connectivity index (χ0v) is 6.66. The van der Waals surface area contributed by atoms with Crippen LogP contribution in [-0.4, -0.2) is 7.05 Å². The van der Waals surface area contributed by atoms with Crippen molar-refractivity contribution < 1.29 is 0 Å². The number of rotatable bonds is 1. The standard InChI is InChI=1S/C9H8N2O/c1-11-8-4-2-7(6-10)3-5-9(8)12/h2-5H,1H3,(H,11,12). The molecule has 0 heterocycles. The summed E-state index contributed by atoms with van der Waals surface area (Å²) in [4.78, 5) is 11.1. The minimum Gasteiger partial charge on any atom is -0.385 e. The number of anilines is 1. The summed E-state index contributed by atoms with van der Waals surface area (Å²) >= 11 is 0. The molecule has 0 spiro atoms. The summed E-state index contributed by atoms with van der Waals surface area (Å²) in [5.41, 5.74) is 0.865. The quantitative estimate of drug-likeness (QED) is 0.665. The molecule has 0 fully saturated rings. The molecule has 60 valence electrons. The molecular weight excluding hydrogens is 152 g/mol. The third-order valence-corrected chi connectivity index (χ3v) is 1.51. The Hall–Kier alpha value is -1.82. The summed E-state index contributed by atoms with van der Waals surface area (Å²) < 4.78 is 0. The second-order valence-electron chi connectivity index (χ2n) is 2.26. The Kier molecular flexibility index (Phi) is 2.44. The topological polar surface area (TPSA) is 52.9 Å². The minimum absolute atomic E-state index is 0.112. The number of nitrogens with one attached hydrogen (secondary N) is 1. The molecule has 0 bridgehead atoms. The Morgan fingerprint density at radius 3 is 2.58 bits per heavy atom. The molecular formula is C9H8N2O. The number of nitrogens with zero attached hydrogens (tertiary/aromatic N) is 1. The van der Waals surface area contributed by atoms with Gasteiger partial charge in [-0.1, -0.05) is 0 Å². The van der Waals surface area contributed by atoms with Gasteiger partial charge in [0.2, 0.25) is 5.43 Å². The van der Waals surface area contributed by atoms with Crippen molar-refractivity contribution >= 4 is 5.69 Å². The monoisotopic (exact) mass is 160 g/mol. The van der Waals surface area contributed by atoms with Crippen LogP contribution in [0.5, 0.6) is 0 Å². The van der Waals surface area contributed by atoms with E-state index in [1.807, 2.05) is 6.07 Å². The van der Waals surface area contributed by atoms with Crippen LogP contribution >= 0.6 is 0 Å². The first kappa shape index (κ1) is 8.28. The van der Waals surface area contributed by atoms with Gasteiger partial charge in [-0.15, -0.1) is 0 Å². The van der Waals surface area contributed by atoms with E-state index in [4.69, 9.17) is 5.26 Å². The van der Waals surface area contributed by atoms with Crippen molar-refractivity contribution in [2.24, 2.45) is 0 Å². The zero-order chi connectivity index (χ0) is 8.97. The average Bonchev–Trinajstić information content (AvgIpc) is 2.27. The number of hydrogen-bond donors (Lipinski definition) is 1. The molecule has 0 saturated carbocycles. The molecule has 0 aliphatic heterocycles. The van der Waals surface area contributed by atoms with E-state index in [0.29, 0.717) is 11.3 Å². The van der Waals surface area contributed by atoms with Crippen LogP contribution in [0.1, 0.15) is 5.56 Å². The predicted molar refractivity (Wildman–Crippen MR) is 47.0 cm³/mol. The number of hydrogen-bond acceptors (Lipinski definition) is 3. The Morgan fingerprint density at radius 1 is 1.33 bits per heavy atom. The van der Waals surface area contributed by atoms with Crippen LogP contribution in [0.4, 0.5) is 5.69 Å². The molecule has 1 aromatic carbocycles. The first-order valence-electron chi connectivity index (χ1n) is 3.50. The smallest absolute Gasteiger partial charge is 0.201 e. The van der Waals surface area contributed by atoms with Crippen molar-refractivity contribution in [2.75, 3.05) is 12.4 Å². The van der Waals surface area contributed by atoms with Crippen molar-refractivity contribution in [1.29, 1.82) is 5.26 Å². The van der Waals surface area contributed by atoms with Crippen LogP contribution in [0.3, 0.4) is 0 Å². The zero-order valence-electron chi connectivity index (χ0n) is 6.66. The van der Waals surface area contributed by atoms with Crippen molar-refractivity contribution in [3.05, 3.63) is 40.1 Å². The van der Waals surface area contributed by atoms with Crippen LogP contribution in [0.15, 0.2) is 29.1 Å². The van der Waals surface area contributed by atoms with E-state index >= 15 is 0 Å². The molecule has 12 heavy (non-hydrogen) atoms. The van der Waals surface area contributed by atoms with E-state index in [0.717, 1.165) is 0 Å². The summed E-state index contributed by atoms with van der Waals surface area (Å²) in [6.45, 7) is 0. The van der Waals surface area contributed by atoms with Gasteiger partial charge < -0.3 is 5.32 Å². The van der Waals surface area contributed by atoms with E-state index in [9.17, 15) is 4.79 Å². The van der Waals surface area contributed by atoms with Gasteiger partial charge in [0.1, 0.15) is 0 Å². The molecule has 0 unspecified atom stereocenters. The highest BCUT2D eigenvalue weighted by Gasteiger charge is 1.92. The summed E-state index contributed by atoms with van der Waals surface area (Å²) in [7, 11) is 1.67. The van der Waals surface area contributed by atoms with Gasteiger partial charge in [-0.2, -0.15) is 5.26 Å². The normalized spacial score (nSPS) is 8.67. The molecule has 0 aliphatic carbocycles. The lowest BCUT2D eigenvalue weighted by atomic mass is 10.3. The van der Waals surface area contributed by atoms with Crippen molar-refractivity contribution in [3.8, 4) is 6.07 Å². The third kappa shape index (κ3) is 1.61. The summed E-state index contributed by atoms with van der Waals surface area (Å²) in [5.74, 6) is 0. The Morgan fingerprint density at radius 2 is 2.00 bits per heavy atom. The minimum atomic E-state index is -0.112. The van der Waals surface area contributed by atoms with Crippen LogP contribution < -0.4 is 10.7 Å². The maximum Gasteiger partial charge on any atom is 0.201 e. The molecule has 3 nitrogen and oxygen atoms in total. The van der Waals surface area contributed by atoms with Gasteiger partial charge in [0.25, 0.3) is 0 Å². The van der Waals surface area contributed by atoms with Crippen molar-refractivity contribution in [1.82, 2.24) is 0 Å². The van der Waals surface area contributed by atoms with E-state index in [1.165, 1.54) is 12.1 Å². The van der Waals surface area contributed by atoms with E-state index in [1.54, 1.807) is 19.2 Å². The Labute approximate surface area is 70.3 Å². The van der Waals surface area contributed by atoms with E-state index < -0.39 is 0 Å². The molecule has 0 amide bonds. The Balaban J connectivity index is 3.35. The van der Waals surface area contributed by atoms with Gasteiger partial charge in [-0.05, 0) is 24.3 Å². The highest BCUT2D eigenvalue weighted by atomic mass is 16.1. The highest BCUT2D eigenvalue weighted by Crippen LogP contribution is 1.98. The first-order chi connectivity index (χ1) is 5.77. The largest absolute Gasteiger partial charge is 0.385 e. The van der Waals surface area contributed by atoms with Gasteiger partial charge in [0.05, 0.1) is 17.3 Å². The van der Waals surface area contributed by atoms with Gasteiger partial charge in [-0.25, -0.2) is 0 Å². The SMILES string of the molecule is CNc1ccc(C#N)ccc1=O. The fraction of sp³-hybridized carbons (Fsp3) is 0.111. The maximum atomic E-state index is 11.1. The molecule has 0 atom stereocenters. The van der Waals surface area contributed by atoms with Crippen LogP contribution in [-0.2, 0) is 0 Å². The van der Waals surface area contributed by atoms with Crippen LogP contribution in [0, 0.1) is 11.3 Å². The molecule has 0 saturated heterocycles. The van der Waals surface area contributed by atoms with Crippen molar-refractivity contribution in [2.45, 2.75) is 0 Å². The fourth-order valence-corrected chi connectivity index (χ4v) is 0.847. The molecule has 0 radical (unpaired) electrons. The molecule has 0 aromatic heterocycles. The summed E-state index contributed by atoms with van der Waals surface area (Å²) in [6.07, 6.45) is 0. The molecule has 1 aromatic rings. The van der Waals surface area contributed by atoms with E-state index in [-0.39, 0.29) is 5.43 Å². The number of nitriles is 1. The lowest BCUT2D eigenvalue weighted by Crippen LogP contribution is -2.02. The average molecular weight is 160 g/mol. The molecule has 3 heteroatoms. The molecule has 1 N–H and O–H groups in total. The van der Waals surface area contributed by atoms with E-state index in [2.05, 4.69) is 5.32 Å². The van der Waals surface area contributed by atoms with Gasteiger partial charge in [0.15, 0.2) is 0 Å². The fourth-order valence-electron chi connectivity index (χ4n) is 0.847. The van der Waals surface area contributed by atoms with Gasteiger partial charge >= 0.3 is 0 Å². The van der Waals surface area contributed by atoms with Crippen LogP contribution in [0.2, 0.25) is 0 Å². The second-order valence-corrected chi connectivity index (χ2v) is 2.26. The lowest BCUT2D eigenvalue weighted by Gasteiger charge is -1.89. The third-order valence-electron chi connectivity index (χ3n) is 1.51.